The van der Waals surface area contributed by atoms with Crippen molar-refractivity contribution in [3.05, 3.63) is 66.4 Å². The summed E-state index contributed by atoms with van der Waals surface area (Å²) < 4.78 is 43.8. The Morgan fingerprint density at radius 3 is 2.38 bits per heavy atom. The standard InChI is InChI=1S/C33H41N7O6S/c1-33(2,3)22-20-26(30(44-4)27(21-22)39-47(5,42)43)37-32(41)36-25-10-11-28(24-9-7-6-8-23(24)25)46-29-12-13-34-31(38-29)35-14-15-40-16-18-45-19-17-40/h6-13,20-21,39H,14-19H2,1-5H3,(H,34,35,38)(H2,36,37,41). The van der Waals surface area contributed by atoms with Crippen LogP contribution in [0.2, 0.25) is 0 Å². The van der Waals surface area contributed by atoms with E-state index in [1.54, 1.807) is 36.5 Å². The fraction of sp³-hybridized carbons (Fsp3) is 0.364. The maximum absolute atomic E-state index is 13.4. The highest BCUT2D eigenvalue weighted by Gasteiger charge is 2.22. The van der Waals surface area contributed by atoms with Crippen LogP contribution in [0.5, 0.6) is 17.4 Å². The van der Waals surface area contributed by atoms with Gasteiger partial charge in [0, 0.05) is 49.2 Å². The molecule has 14 heteroatoms. The molecule has 1 aliphatic rings. The van der Waals surface area contributed by atoms with Gasteiger partial charge in [0.1, 0.15) is 5.75 Å². The SMILES string of the molecule is COc1c(NC(=O)Nc2ccc(Oc3ccnc(NCCN4CCOCC4)n3)c3ccccc23)cc(C(C)(C)C)cc1NS(C)(=O)=O. The van der Waals surface area contributed by atoms with Gasteiger partial charge in [0.15, 0.2) is 5.75 Å². The molecule has 4 N–H and O–H groups in total. The van der Waals surface area contributed by atoms with Gasteiger partial charge in [-0.1, -0.05) is 45.0 Å². The van der Waals surface area contributed by atoms with E-state index < -0.39 is 16.1 Å². The van der Waals surface area contributed by atoms with Gasteiger partial charge in [0.2, 0.25) is 21.9 Å². The summed E-state index contributed by atoms with van der Waals surface area (Å²) in [5, 5.41) is 10.5. The van der Waals surface area contributed by atoms with Crippen molar-refractivity contribution >= 4 is 49.8 Å². The Morgan fingerprint density at radius 2 is 1.68 bits per heavy atom. The van der Waals surface area contributed by atoms with Crippen LogP contribution < -0.4 is 30.1 Å². The molecule has 0 atom stereocenters. The first-order valence-electron chi connectivity index (χ1n) is 15.2. The van der Waals surface area contributed by atoms with Crippen molar-refractivity contribution in [2.45, 2.75) is 26.2 Å². The van der Waals surface area contributed by atoms with E-state index in [0.717, 1.165) is 55.4 Å². The third kappa shape index (κ3) is 8.99. The number of rotatable bonds is 11. The molecule has 47 heavy (non-hydrogen) atoms. The predicted molar refractivity (Wildman–Crippen MR) is 185 cm³/mol. The highest BCUT2D eigenvalue weighted by Crippen LogP contribution is 2.39. The first kappa shape index (κ1) is 33.7. The van der Waals surface area contributed by atoms with E-state index in [1.807, 2.05) is 45.0 Å². The molecule has 3 aromatic carbocycles. The van der Waals surface area contributed by atoms with Gasteiger partial charge in [-0.25, -0.2) is 18.2 Å². The van der Waals surface area contributed by atoms with Crippen molar-refractivity contribution in [3.63, 3.8) is 0 Å². The predicted octanol–water partition coefficient (Wildman–Crippen LogP) is 5.49. The number of ether oxygens (including phenoxy) is 3. The minimum Gasteiger partial charge on any atom is -0.492 e. The molecule has 4 aromatic rings. The van der Waals surface area contributed by atoms with E-state index in [4.69, 9.17) is 14.2 Å². The fourth-order valence-corrected chi connectivity index (χ4v) is 5.69. The Bertz CT molecular complexity index is 1840. The van der Waals surface area contributed by atoms with E-state index in [9.17, 15) is 13.2 Å². The number of fused-ring (bicyclic) bond motifs is 1. The van der Waals surface area contributed by atoms with Crippen LogP contribution in [0.15, 0.2) is 60.8 Å². The molecular weight excluding hydrogens is 622 g/mol. The van der Waals surface area contributed by atoms with Gasteiger partial charge in [0.25, 0.3) is 0 Å². The summed E-state index contributed by atoms with van der Waals surface area (Å²) in [6, 6.07) is 15.7. The Balaban J connectivity index is 1.33. The van der Waals surface area contributed by atoms with Crippen molar-refractivity contribution in [1.29, 1.82) is 0 Å². The molecule has 13 nitrogen and oxygen atoms in total. The zero-order valence-electron chi connectivity index (χ0n) is 27.2. The summed E-state index contributed by atoms with van der Waals surface area (Å²) in [6.45, 7) is 10.8. The summed E-state index contributed by atoms with van der Waals surface area (Å²) in [5.41, 5.74) is 1.53. The summed E-state index contributed by atoms with van der Waals surface area (Å²) in [6.07, 6.45) is 2.70. The molecule has 1 saturated heterocycles. The molecular formula is C33H41N7O6S. The number of urea groups is 1. The molecule has 0 radical (unpaired) electrons. The smallest absolute Gasteiger partial charge is 0.323 e. The minimum absolute atomic E-state index is 0.187. The number of aromatic nitrogens is 2. The lowest BCUT2D eigenvalue weighted by atomic mass is 9.86. The number of carbonyl (C=O) groups excluding carboxylic acids is 1. The molecule has 0 unspecified atom stereocenters. The molecule has 0 saturated carbocycles. The van der Waals surface area contributed by atoms with Gasteiger partial charge in [-0.2, -0.15) is 4.98 Å². The van der Waals surface area contributed by atoms with Crippen molar-refractivity contribution in [3.8, 4) is 17.4 Å². The molecule has 0 aliphatic carbocycles. The second-order valence-corrected chi connectivity index (χ2v) is 13.9. The molecule has 250 valence electrons. The molecule has 2 amide bonds. The fourth-order valence-electron chi connectivity index (χ4n) is 5.14. The molecule has 5 rings (SSSR count). The Kier molecular flexibility index (Phi) is 10.3. The van der Waals surface area contributed by atoms with Crippen LogP contribution in [-0.2, 0) is 20.2 Å². The third-order valence-electron chi connectivity index (χ3n) is 7.49. The van der Waals surface area contributed by atoms with Crippen molar-refractivity contribution in [2.24, 2.45) is 0 Å². The Labute approximate surface area is 275 Å². The van der Waals surface area contributed by atoms with E-state index in [2.05, 4.69) is 35.5 Å². The number of nitrogens with one attached hydrogen (secondary N) is 4. The van der Waals surface area contributed by atoms with E-state index in [-0.39, 0.29) is 16.9 Å². The first-order chi connectivity index (χ1) is 22.4. The average Bonchev–Trinajstić information content (AvgIpc) is 3.02. The molecule has 0 spiro atoms. The van der Waals surface area contributed by atoms with Gasteiger partial charge in [-0.05, 0) is 35.2 Å². The molecule has 1 fully saturated rings. The molecule has 2 heterocycles. The number of sulfonamides is 1. The quantitative estimate of drug-likeness (QED) is 0.162. The lowest BCUT2D eigenvalue weighted by molar-refractivity contribution is 0.0398. The normalized spacial score (nSPS) is 14.0. The maximum Gasteiger partial charge on any atom is 0.323 e. The molecule has 1 aromatic heterocycles. The summed E-state index contributed by atoms with van der Waals surface area (Å²) >= 11 is 0. The second-order valence-electron chi connectivity index (χ2n) is 12.2. The van der Waals surface area contributed by atoms with Gasteiger partial charge in [-0.3, -0.25) is 9.62 Å². The van der Waals surface area contributed by atoms with Crippen LogP contribution >= 0.6 is 0 Å². The number of morpholine rings is 1. The number of methoxy groups -OCH3 is 1. The number of anilines is 4. The lowest BCUT2D eigenvalue weighted by Gasteiger charge is -2.26. The topological polar surface area (TPSA) is 156 Å². The molecule has 0 bridgehead atoms. The van der Waals surface area contributed by atoms with Crippen molar-refractivity contribution in [2.75, 3.05) is 73.4 Å². The zero-order chi connectivity index (χ0) is 33.6. The van der Waals surface area contributed by atoms with Gasteiger partial charge < -0.3 is 30.2 Å². The number of benzene rings is 3. The van der Waals surface area contributed by atoms with E-state index >= 15 is 0 Å². The van der Waals surface area contributed by atoms with Crippen LogP contribution in [0, 0.1) is 0 Å². The summed E-state index contributed by atoms with van der Waals surface area (Å²) in [7, 11) is -2.20. The van der Waals surface area contributed by atoms with Gasteiger partial charge in [0.05, 0.1) is 43.6 Å². The third-order valence-corrected chi connectivity index (χ3v) is 8.09. The van der Waals surface area contributed by atoms with Gasteiger partial charge >= 0.3 is 6.03 Å². The van der Waals surface area contributed by atoms with Crippen LogP contribution in [0.25, 0.3) is 10.8 Å². The number of amides is 2. The first-order valence-corrected chi connectivity index (χ1v) is 17.1. The number of hydrogen-bond acceptors (Lipinski definition) is 10. The van der Waals surface area contributed by atoms with Crippen LogP contribution in [-0.4, -0.2) is 82.1 Å². The Hall–Kier alpha value is -4.66. The average molecular weight is 664 g/mol. The largest absolute Gasteiger partial charge is 0.492 e. The van der Waals surface area contributed by atoms with Gasteiger partial charge in [-0.15, -0.1) is 0 Å². The number of carbonyl (C=O) groups is 1. The van der Waals surface area contributed by atoms with E-state index in [0.29, 0.717) is 35.5 Å². The highest BCUT2D eigenvalue weighted by molar-refractivity contribution is 7.92. The monoisotopic (exact) mass is 663 g/mol. The number of nitrogens with zero attached hydrogens (tertiary/aromatic N) is 3. The van der Waals surface area contributed by atoms with Crippen molar-refractivity contribution in [1.82, 2.24) is 14.9 Å². The molecule has 1 aliphatic heterocycles. The van der Waals surface area contributed by atoms with E-state index in [1.165, 1.54) is 7.11 Å². The summed E-state index contributed by atoms with van der Waals surface area (Å²) in [5.74, 6) is 1.59. The second kappa shape index (κ2) is 14.4. The maximum atomic E-state index is 13.4. The Morgan fingerprint density at radius 1 is 0.979 bits per heavy atom. The van der Waals surface area contributed by atoms with Crippen LogP contribution in [0.4, 0.5) is 27.8 Å². The van der Waals surface area contributed by atoms with Crippen molar-refractivity contribution < 1.29 is 27.4 Å². The number of hydrogen-bond donors (Lipinski definition) is 4. The minimum atomic E-state index is -3.62. The highest BCUT2D eigenvalue weighted by atomic mass is 32.2. The summed E-state index contributed by atoms with van der Waals surface area (Å²) in [4.78, 5) is 24.5. The lowest BCUT2D eigenvalue weighted by Crippen LogP contribution is -2.39. The van der Waals surface area contributed by atoms with Crippen LogP contribution in [0.1, 0.15) is 26.3 Å². The zero-order valence-corrected chi connectivity index (χ0v) is 28.0. The van der Waals surface area contributed by atoms with Crippen LogP contribution in [0.3, 0.4) is 0 Å².